The number of hydrogen-bond donors (Lipinski definition) is 0. The molecule has 0 heterocycles. The molecule has 3 heteroatoms. The average molecular weight is 195 g/mol. The lowest BCUT2D eigenvalue weighted by atomic mass is 10.1. The first-order chi connectivity index (χ1) is 5.31. The van der Waals surface area contributed by atoms with Gasteiger partial charge in [0.15, 0.2) is 0 Å². The van der Waals surface area contributed by atoms with Gasteiger partial charge < -0.3 is 4.74 Å². The van der Waals surface area contributed by atoms with Gasteiger partial charge in [-0.3, -0.25) is 4.79 Å². The summed E-state index contributed by atoms with van der Waals surface area (Å²) in [5.74, 6) is -0.0819. The van der Waals surface area contributed by atoms with Crippen molar-refractivity contribution < 1.29 is 9.53 Å². The zero-order chi connectivity index (χ0) is 8.53. The molecule has 0 N–H and O–H groups in total. The Labute approximate surface area is 81.1 Å². The van der Waals surface area contributed by atoms with Gasteiger partial charge in [-0.15, -0.1) is 12.4 Å². The summed E-state index contributed by atoms with van der Waals surface area (Å²) in [6, 6.07) is 0. The normalized spacial score (nSPS) is 8.83. The molecule has 0 spiro atoms. The predicted octanol–water partition coefficient (Wildman–Crippen LogP) is 2.94. The molecule has 0 aromatic rings. The van der Waals surface area contributed by atoms with E-state index in [-0.39, 0.29) is 18.4 Å². The lowest BCUT2D eigenvalue weighted by Gasteiger charge is -1.98. The van der Waals surface area contributed by atoms with Crippen LogP contribution in [0.5, 0.6) is 0 Å². The van der Waals surface area contributed by atoms with Crippen LogP contribution in [0, 0.1) is 0 Å². The van der Waals surface area contributed by atoms with Gasteiger partial charge in [-0.25, -0.2) is 0 Å². The highest BCUT2D eigenvalue weighted by Gasteiger charge is 1.97. The van der Waals surface area contributed by atoms with E-state index in [9.17, 15) is 4.79 Å². The molecule has 0 aliphatic carbocycles. The van der Waals surface area contributed by atoms with E-state index in [0.29, 0.717) is 6.42 Å². The van der Waals surface area contributed by atoms with E-state index in [2.05, 4.69) is 11.7 Å². The smallest absolute Gasteiger partial charge is 0.305 e. The summed E-state index contributed by atoms with van der Waals surface area (Å²) in [5, 5.41) is 0. The first-order valence-electron chi connectivity index (χ1n) is 4.38. The van der Waals surface area contributed by atoms with Crippen molar-refractivity contribution in [2.45, 2.75) is 45.4 Å². The second kappa shape index (κ2) is 10.8. The fourth-order valence-corrected chi connectivity index (χ4v) is 0.975. The highest BCUT2D eigenvalue weighted by Crippen LogP contribution is 2.04. The Morgan fingerprint density at radius 1 is 1.17 bits per heavy atom. The third-order valence-electron chi connectivity index (χ3n) is 1.71. The van der Waals surface area contributed by atoms with Crippen LogP contribution in [0.3, 0.4) is 0 Å². The van der Waals surface area contributed by atoms with Crippen LogP contribution in [0.25, 0.3) is 0 Å². The summed E-state index contributed by atoms with van der Waals surface area (Å²) in [6.45, 7) is 2.18. The van der Waals surface area contributed by atoms with Crippen LogP contribution in [0.15, 0.2) is 0 Å². The van der Waals surface area contributed by atoms with Crippen LogP contribution in [-0.2, 0) is 9.53 Å². The Bertz CT molecular complexity index is 105. The molecule has 0 radical (unpaired) electrons. The zero-order valence-electron chi connectivity index (χ0n) is 7.97. The van der Waals surface area contributed by atoms with Crippen LogP contribution >= 0.6 is 12.4 Å². The maximum absolute atomic E-state index is 10.6. The van der Waals surface area contributed by atoms with Crippen LogP contribution in [0.4, 0.5) is 0 Å². The van der Waals surface area contributed by atoms with E-state index >= 15 is 0 Å². The van der Waals surface area contributed by atoms with Crippen molar-refractivity contribution in [3.8, 4) is 0 Å². The molecule has 0 aromatic carbocycles. The van der Waals surface area contributed by atoms with Gasteiger partial charge in [-0.05, 0) is 6.42 Å². The van der Waals surface area contributed by atoms with Gasteiger partial charge in [0, 0.05) is 6.42 Å². The molecule has 0 fully saturated rings. The molecule has 0 atom stereocenters. The number of carbonyl (C=O) groups excluding carboxylic acids is 1. The molecule has 74 valence electrons. The third kappa shape index (κ3) is 9.76. The van der Waals surface area contributed by atoms with E-state index in [4.69, 9.17) is 0 Å². The van der Waals surface area contributed by atoms with E-state index < -0.39 is 0 Å². The number of unbranched alkanes of at least 4 members (excludes halogenated alkanes) is 4. The Hall–Kier alpha value is -0.240. The molecule has 0 rings (SSSR count). The quantitative estimate of drug-likeness (QED) is 0.480. The number of carbonyl (C=O) groups is 1. The summed E-state index contributed by atoms with van der Waals surface area (Å²) >= 11 is 0. The Kier molecular flexibility index (Phi) is 12.8. The molecule has 0 amide bonds. The number of halogens is 1. The van der Waals surface area contributed by atoms with Gasteiger partial charge in [-0.1, -0.05) is 32.6 Å². The highest BCUT2D eigenvalue weighted by molar-refractivity contribution is 5.85. The summed E-state index contributed by atoms with van der Waals surface area (Å²) in [4.78, 5) is 10.6. The average Bonchev–Trinajstić information content (AvgIpc) is 2.04. The molecular formula is C9H19ClO2. The van der Waals surface area contributed by atoms with Crippen molar-refractivity contribution >= 4 is 18.4 Å². The van der Waals surface area contributed by atoms with Crippen molar-refractivity contribution in [3.05, 3.63) is 0 Å². The predicted molar refractivity (Wildman–Crippen MR) is 52.6 cm³/mol. The molecular weight excluding hydrogens is 176 g/mol. The lowest BCUT2D eigenvalue weighted by molar-refractivity contribution is -0.140. The van der Waals surface area contributed by atoms with Gasteiger partial charge in [-0.2, -0.15) is 0 Å². The van der Waals surface area contributed by atoms with Crippen molar-refractivity contribution in [1.29, 1.82) is 0 Å². The van der Waals surface area contributed by atoms with E-state index in [1.165, 1.54) is 26.4 Å². The molecule has 12 heavy (non-hydrogen) atoms. The number of ether oxygens (including phenoxy) is 1. The summed E-state index contributed by atoms with van der Waals surface area (Å²) in [5.41, 5.74) is 0. The Morgan fingerprint density at radius 3 is 2.25 bits per heavy atom. The summed E-state index contributed by atoms with van der Waals surface area (Å²) in [6.07, 6.45) is 6.49. The molecule has 0 aromatic heterocycles. The van der Waals surface area contributed by atoms with Crippen LogP contribution in [0.1, 0.15) is 45.4 Å². The molecule has 0 unspecified atom stereocenters. The van der Waals surface area contributed by atoms with Crippen LogP contribution < -0.4 is 0 Å². The number of hydrogen-bond acceptors (Lipinski definition) is 2. The number of rotatable bonds is 6. The monoisotopic (exact) mass is 194 g/mol. The fourth-order valence-electron chi connectivity index (χ4n) is 0.975. The Balaban J connectivity index is 0. The van der Waals surface area contributed by atoms with Gasteiger partial charge in [0.05, 0.1) is 7.11 Å². The first kappa shape index (κ1) is 14.3. The molecule has 0 saturated heterocycles. The molecule has 0 saturated carbocycles. The van der Waals surface area contributed by atoms with E-state index in [1.807, 2.05) is 0 Å². The van der Waals surface area contributed by atoms with Gasteiger partial charge in [0.1, 0.15) is 0 Å². The van der Waals surface area contributed by atoms with Gasteiger partial charge >= 0.3 is 5.97 Å². The topological polar surface area (TPSA) is 26.3 Å². The molecule has 2 nitrogen and oxygen atoms in total. The minimum absolute atomic E-state index is 0. The minimum atomic E-state index is -0.0819. The fraction of sp³-hybridized carbons (Fsp3) is 0.889. The van der Waals surface area contributed by atoms with E-state index in [0.717, 1.165) is 12.8 Å². The zero-order valence-corrected chi connectivity index (χ0v) is 8.78. The third-order valence-corrected chi connectivity index (χ3v) is 1.71. The number of esters is 1. The maximum Gasteiger partial charge on any atom is 0.305 e. The van der Waals surface area contributed by atoms with Crippen LogP contribution in [-0.4, -0.2) is 13.1 Å². The standard InChI is InChI=1S/C9H18O2.ClH/c1-3-4-5-6-7-8-9(10)11-2;/h3-8H2,1-2H3;1H. The highest BCUT2D eigenvalue weighted by atomic mass is 35.5. The van der Waals surface area contributed by atoms with Gasteiger partial charge in [0.25, 0.3) is 0 Å². The minimum Gasteiger partial charge on any atom is -0.469 e. The lowest BCUT2D eigenvalue weighted by Crippen LogP contribution is -1.98. The van der Waals surface area contributed by atoms with Crippen molar-refractivity contribution in [3.63, 3.8) is 0 Å². The van der Waals surface area contributed by atoms with E-state index in [1.54, 1.807) is 0 Å². The SMILES string of the molecule is CCCCCCCC(=O)OC.Cl. The summed E-state index contributed by atoms with van der Waals surface area (Å²) < 4.78 is 4.52. The second-order valence-electron chi connectivity index (χ2n) is 2.74. The van der Waals surface area contributed by atoms with Crippen molar-refractivity contribution in [1.82, 2.24) is 0 Å². The molecule has 0 aliphatic heterocycles. The Morgan fingerprint density at radius 2 is 1.75 bits per heavy atom. The summed E-state index contributed by atoms with van der Waals surface area (Å²) in [7, 11) is 1.44. The number of methoxy groups -OCH3 is 1. The first-order valence-corrected chi connectivity index (χ1v) is 4.38. The second-order valence-corrected chi connectivity index (χ2v) is 2.74. The van der Waals surface area contributed by atoms with Crippen molar-refractivity contribution in [2.24, 2.45) is 0 Å². The maximum atomic E-state index is 10.6. The molecule has 0 aliphatic rings. The van der Waals surface area contributed by atoms with Crippen molar-refractivity contribution in [2.75, 3.05) is 7.11 Å². The largest absolute Gasteiger partial charge is 0.469 e. The molecule has 0 bridgehead atoms. The van der Waals surface area contributed by atoms with Crippen LogP contribution in [0.2, 0.25) is 0 Å². The van der Waals surface area contributed by atoms with Gasteiger partial charge in [0.2, 0.25) is 0 Å².